The molecule has 0 rings (SSSR count). The minimum Gasteiger partial charge on any atom is -0.462 e. The molecule has 0 fully saturated rings. The highest BCUT2D eigenvalue weighted by Crippen LogP contribution is 2.18. The number of allylic oxidation sites excluding steroid dienone is 10. The van der Waals surface area contributed by atoms with Crippen molar-refractivity contribution in [1.82, 2.24) is 0 Å². The van der Waals surface area contributed by atoms with E-state index in [9.17, 15) is 14.4 Å². The summed E-state index contributed by atoms with van der Waals surface area (Å²) in [5.41, 5.74) is 0. The van der Waals surface area contributed by atoms with Crippen LogP contribution in [0.25, 0.3) is 0 Å². The fourth-order valence-electron chi connectivity index (χ4n) is 10.5. The highest BCUT2D eigenvalue weighted by Gasteiger charge is 2.19. The lowest BCUT2D eigenvalue weighted by Gasteiger charge is -2.18. The zero-order chi connectivity index (χ0) is 57.8. The molecule has 0 bridgehead atoms. The maximum Gasteiger partial charge on any atom is 0.306 e. The molecule has 0 aliphatic carbocycles. The van der Waals surface area contributed by atoms with Crippen LogP contribution in [0.1, 0.15) is 374 Å². The first-order chi connectivity index (χ1) is 39.5. The normalized spacial score (nSPS) is 12.4. The Hall–Kier alpha value is -2.89. The zero-order valence-corrected chi connectivity index (χ0v) is 53.6. The molecule has 6 heteroatoms. The van der Waals surface area contributed by atoms with E-state index in [0.717, 1.165) is 89.9 Å². The molecule has 0 heterocycles. The van der Waals surface area contributed by atoms with E-state index >= 15 is 0 Å². The van der Waals surface area contributed by atoms with Gasteiger partial charge in [-0.3, -0.25) is 14.4 Å². The Balaban J connectivity index is 4.24. The van der Waals surface area contributed by atoms with Gasteiger partial charge in [0.2, 0.25) is 0 Å². The van der Waals surface area contributed by atoms with E-state index in [4.69, 9.17) is 14.2 Å². The summed E-state index contributed by atoms with van der Waals surface area (Å²) >= 11 is 0. The molecule has 0 aliphatic rings. The molecule has 1 unspecified atom stereocenters. The number of ether oxygens (including phenoxy) is 3. The van der Waals surface area contributed by atoms with E-state index in [0.29, 0.717) is 19.3 Å². The van der Waals surface area contributed by atoms with Gasteiger partial charge in [-0.2, -0.15) is 0 Å². The van der Waals surface area contributed by atoms with Crippen LogP contribution in [0.2, 0.25) is 0 Å². The van der Waals surface area contributed by atoms with Crippen molar-refractivity contribution in [2.24, 2.45) is 0 Å². The number of carbonyl (C=O) groups excluding carboxylic acids is 3. The van der Waals surface area contributed by atoms with Gasteiger partial charge >= 0.3 is 17.9 Å². The second-order valence-electron chi connectivity index (χ2n) is 23.8. The Labute approximate surface area is 498 Å². The lowest BCUT2D eigenvalue weighted by Crippen LogP contribution is -2.30. The van der Waals surface area contributed by atoms with Crippen molar-refractivity contribution in [2.45, 2.75) is 380 Å². The van der Waals surface area contributed by atoms with E-state index in [2.05, 4.69) is 81.5 Å². The third-order valence-electron chi connectivity index (χ3n) is 15.8. The van der Waals surface area contributed by atoms with Crippen LogP contribution < -0.4 is 0 Å². The van der Waals surface area contributed by atoms with Crippen molar-refractivity contribution in [3.8, 4) is 0 Å². The maximum atomic E-state index is 12.9. The standard InChI is InChI=1S/C74H134O6/c1-4-7-10-13-16-19-22-25-27-29-31-33-35-36-37-39-40-42-44-46-49-52-55-58-61-64-67-73(76)79-70-71(69-78-72(75)66-63-60-57-54-51-48-24-21-18-15-12-9-6-3)80-74(77)68-65-62-59-56-53-50-47-45-43-41-38-34-32-30-28-26-23-20-17-14-11-8-5-2/h9,12,18,21,23,26,30,32,48,51,71H,4-8,10-11,13-17,19-20,22,24-25,27-29,31,33-47,49-50,52-70H2,1-3H3/b12-9-,21-18-,26-23-,32-30-,51-48-. The van der Waals surface area contributed by atoms with Gasteiger partial charge in [0.05, 0.1) is 0 Å². The number of esters is 3. The van der Waals surface area contributed by atoms with Crippen molar-refractivity contribution in [3.05, 3.63) is 60.8 Å². The molecule has 0 N–H and O–H groups in total. The molecule has 6 nitrogen and oxygen atoms in total. The quantitative estimate of drug-likeness (QED) is 0.0261. The fraction of sp³-hybridized carbons (Fsp3) is 0.824. The summed E-state index contributed by atoms with van der Waals surface area (Å²) in [6.07, 6.45) is 88.3. The first-order valence-electron chi connectivity index (χ1n) is 35.3. The summed E-state index contributed by atoms with van der Waals surface area (Å²) in [7, 11) is 0. The van der Waals surface area contributed by atoms with Gasteiger partial charge in [0.25, 0.3) is 0 Å². The van der Waals surface area contributed by atoms with E-state index in [1.165, 1.54) is 244 Å². The highest BCUT2D eigenvalue weighted by molar-refractivity contribution is 5.71. The molecule has 0 radical (unpaired) electrons. The lowest BCUT2D eigenvalue weighted by atomic mass is 10.0. The first-order valence-corrected chi connectivity index (χ1v) is 35.3. The Morgan fingerprint density at radius 3 is 0.775 bits per heavy atom. The molecule has 466 valence electrons. The summed E-state index contributed by atoms with van der Waals surface area (Å²) < 4.78 is 17.0. The van der Waals surface area contributed by atoms with E-state index in [1.54, 1.807) is 0 Å². The summed E-state index contributed by atoms with van der Waals surface area (Å²) in [6, 6.07) is 0. The molecule has 0 aromatic rings. The molecule has 0 aliphatic heterocycles. The van der Waals surface area contributed by atoms with Crippen LogP contribution in [0.4, 0.5) is 0 Å². The highest BCUT2D eigenvalue weighted by atomic mass is 16.6. The van der Waals surface area contributed by atoms with Crippen LogP contribution in [0, 0.1) is 0 Å². The molecule has 1 atom stereocenters. The number of hydrogen-bond donors (Lipinski definition) is 0. The molecular weight excluding hydrogens is 985 g/mol. The van der Waals surface area contributed by atoms with Crippen LogP contribution in [-0.2, 0) is 28.6 Å². The number of unbranched alkanes of at least 4 members (excludes halogenated alkanes) is 44. The third kappa shape index (κ3) is 65.9. The van der Waals surface area contributed by atoms with Gasteiger partial charge in [-0.25, -0.2) is 0 Å². The Bertz CT molecular complexity index is 1430. The molecule has 0 aromatic carbocycles. The van der Waals surface area contributed by atoms with Crippen LogP contribution in [0.5, 0.6) is 0 Å². The van der Waals surface area contributed by atoms with E-state index in [1.807, 2.05) is 0 Å². The second-order valence-corrected chi connectivity index (χ2v) is 23.8. The summed E-state index contributed by atoms with van der Waals surface area (Å²) in [4.78, 5) is 38.4. The van der Waals surface area contributed by atoms with E-state index < -0.39 is 6.10 Å². The van der Waals surface area contributed by atoms with Crippen molar-refractivity contribution in [3.63, 3.8) is 0 Å². The van der Waals surface area contributed by atoms with Gasteiger partial charge in [-0.05, 0) is 83.5 Å². The average molecular weight is 1120 g/mol. The number of hydrogen-bond acceptors (Lipinski definition) is 6. The van der Waals surface area contributed by atoms with Gasteiger partial charge in [-0.1, -0.05) is 332 Å². The largest absolute Gasteiger partial charge is 0.462 e. The van der Waals surface area contributed by atoms with Crippen LogP contribution in [-0.4, -0.2) is 37.2 Å². The van der Waals surface area contributed by atoms with Gasteiger partial charge < -0.3 is 14.2 Å². The number of carbonyl (C=O) groups is 3. The monoisotopic (exact) mass is 1120 g/mol. The van der Waals surface area contributed by atoms with Crippen molar-refractivity contribution < 1.29 is 28.6 Å². The molecule has 0 saturated carbocycles. The van der Waals surface area contributed by atoms with Gasteiger partial charge in [0, 0.05) is 19.3 Å². The second kappa shape index (κ2) is 68.6. The summed E-state index contributed by atoms with van der Waals surface area (Å²) in [5.74, 6) is -0.891. The molecule has 0 spiro atoms. The van der Waals surface area contributed by atoms with Crippen molar-refractivity contribution >= 4 is 17.9 Å². The summed E-state index contributed by atoms with van der Waals surface area (Å²) in [5, 5.41) is 0. The smallest absolute Gasteiger partial charge is 0.306 e. The topological polar surface area (TPSA) is 78.9 Å². The minimum atomic E-state index is -0.787. The first kappa shape index (κ1) is 77.1. The molecular formula is C74H134O6. The number of rotatable bonds is 65. The van der Waals surface area contributed by atoms with E-state index in [-0.39, 0.29) is 31.1 Å². The van der Waals surface area contributed by atoms with Crippen LogP contribution >= 0.6 is 0 Å². The van der Waals surface area contributed by atoms with Crippen molar-refractivity contribution in [1.29, 1.82) is 0 Å². The minimum absolute atomic E-state index is 0.0808. The lowest BCUT2D eigenvalue weighted by molar-refractivity contribution is -0.167. The predicted octanol–water partition coefficient (Wildman–Crippen LogP) is 24.3. The van der Waals surface area contributed by atoms with Gasteiger partial charge in [0.15, 0.2) is 6.10 Å². The van der Waals surface area contributed by atoms with Crippen LogP contribution in [0.3, 0.4) is 0 Å². The zero-order valence-electron chi connectivity index (χ0n) is 53.6. The van der Waals surface area contributed by atoms with Crippen molar-refractivity contribution in [2.75, 3.05) is 13.2 Å². The molecule has 0 amide bonds. The van der Waals surface area contributed by atoms with Gasteiger partial charge in [0.1, 0.15) is 13.2 Å². The summed E-state index contributed by atoms with van der Waals surface area (Å²) in [6.45, 7) is 6.55. The molecule has 0 aromatic heterocycles. The van der Waals surface area contributed by atoms with Crippen LogP contribution in [0.15, 0.2) is 60.8 Å². The third-order valence-corrected chi connectivity index (χ3v) is 15.8. The maximum absolute atomic E-state index is 12.9. The SMILES string of the molecule is CC/C=C\C/C=C\C/C=C\CCCCCC(=O)OCC(COC(=O)CCCCCCCCCCCCCCCCCCCCCCCCCCCC)OC(=O)CCCCCCCCCCCCC/C=C\C/C=C\CCCCCCC. The Morgan fingerprint density at radius 2 is 0.487 bits per heavy atom. The fourth-order valence-corrected chi connectivity index (χ4v) is 10.5. The Morgan fingerprint density at radius 1 is 0.263 bits per heavy atom. The Kier molecular flexibility index (Phi) is 66.1. The molecule has 80 heavy (non-hydrogen) atoms. The molecule has 0 saturated heterocycles. The average Bonchev–Trinajstić information content (AvgIpc) is 3.46. The van der Waals surface area contributed by atoms with Gasteiger partial charge in [-0.15, -0.1) is 0 Å². The predicted molar refractivity (Wildman–Crippen MR) is 348 cm³/mol.